The zero-order chi connectivity index (χ0) is 23.8. The number of carbonyl (C=O) groups excluding carboxylic acids is 2. The maximum atomic E-state index is 13.4. The van der Waals surface area contributed by atoms with E-state index in [1.54, 1.807) is 39.3 Å². The van der Waals surface area contributed by atoms with Crippen molar-refractivity contribution in [3.8, 4) is 0 Å². The van der Waals surface area contributed by atoms with Gasteiger partial charge in [0.1, 0.15) is 12.4 Å². The monoisotopic (exact) mass is 531 g/mol. The summed E-state index contributed by atoms with van der Waals surface area (Å²) in [5, 5.41) is 4.86. The molecule has 0 aliphatic carbocycles. The Labute approximate surface area is 206 Å². The van der Waals surface area contributed by atoms with Crippen molar-refractivity contribution in [3.63, 3.8) is 0 Å². The van der Waals surface area contributed by atoms with E-state index in [1.165, 1.54) is 12.1 Å². The third-order valence-corrected chi connectivity index (χ3v) is 6.69. The molecule has 5 nitrogen and oxygen atoms in total. The molecule has 8 heteroatoms. The number of anilines is 1. The second-order valence-electron chi connectivity index (χ2n) is 7.78. The number of amides is 3. The van der Waals surface area contributed by atoms with Crippen LogP contribution < -0.4 is 5.32 Å². The van der Waals surface area contributed by atoms with E-state index in [0.29, 0.717) is 25.2 Å². The predicted octanol–water partition coefficient (Wildman–Crippen LogP) is 6.51. The normalized spacial score (nSPS) is 11.6. The summed E-state index contributed by atoms with van der Waals surface area (Å²) in [5.74, 6) is -0.487. The zero-order valence-electron chi connectivity index (χ0n) is 18.6. The van der Waals surface area contributed by atoms with Crippen LogP contribution in [-0.4, -0.2) is 34.3 Å². The molecule has 1 heterocycles. The largest absolute Gasteiger partial charge is 0.332 e. The minimum absolute atomic E-state index is 0.0542. The highest BCUT2D eigenvalue weighted by Gasteiger charge is 2.25. The molecule has 1 aromatic heterocycles. The first-order valence-corrected chi connectivity index (χ1v) is 12.4. The van der Waals surface area contributed by atoms with Gasteiger partial charge in [-0.1, -0.05) is 47.1 Å². The van der Waals surface area contributed by atoms with Gasteiger partial charge in [-0.2, -0.15) is 0 Å². The van der Waals surface area contributed by atoms with E-state index < -0.39 is 0 Å². The minimum atomic E-state index is -0.325. The van der Waals surface area contributed by atoms with Gasteiger partial charge in [-0.05, 0) is 60.7 Å². The Bertz CT molecular complexity index is 1060. The molecule has 0 radical (unpaired) electrons. The smallest absolute Gasteiger partial charge is 0.322 e. The first kappa shape index (κ1) is 24.9. The Morgan fingerprint density at radius 3 is 2.48 bits per heavy atom. The quantitative estimate of drug-likeness (QED) is 0.342. The van der Waals surface area contributed by atoms with Gasteiger partial charge in [0.25, 0.3) is 0 Å². The number of halogens is 2. The van der Waals surface area contributed by atoms with Gasteiger partial charge in [-0.25, -0.2) is 9.18 Å². The van der Waals surface area contributed by atoms with E-state index in [4.69, 9.17) is 0 Å². The van der Waals surface area contributed by atoms with Gasteiger partial charge in [0, 0.05) is 27.6 Å². The summed E-state index contributed by atoms with van der Waals surface area (Å²) in [6.45, 7) is 4.61. The lowest BCUT2D eigenvalue weighted by atomic mass is 10.2. The number of carbonyl (C=O) groups is 2. The molecule has 1 unspecified atom stereocenters. The molecule has 33 heavy (non-hydrogen) atoms. The average molecular weight is 532 g/mol. The topological polar surface area (TPSA) is 52.7 Å². The molecular weight excluding hydrogens is 505 g/mol. The van der Waals surface area contributed by atoms with Crippen LogP contribution in [0.3, 0.4) is 0 Å². The van der Waals surface area contributed by atoms with E-state index >= 15 is 0 Å². The highest BCUT2D eigenvalue weighted by atomic mass is 79.9. The first-order chi connectivity index (χ1) is 15.9. The SMILES string of the molecule is CCC(C)N(CC(=O)N(Cc1ccc(F)cc1)Cc1cccs1)C(=O)Nc1cccc(Br)c1. The van der Waals surface area contributed by atoms with E-state index in [9.17, 15) is 14.0 Å². The highest BCUT2D eigenvalue weighted by Crippen LogP contribution is 2.19. The van der Waals surface area contributed by atoms with Crippen molar-refractivity contribution in [1.82, 2.24) is 9.80 Å². The maximum Gasteiger partial charge on any atom is 0.322 e. The van der Waals surface area contributed by atoms with Gasteiger partial charge in [-0.3, -0.25) is 4.79 Å². The summed E-state index contributed by atoms with van der Waals surface area (Å²) in [5.41, 5.74) is 1.48. The molecule has 0 fully saturated rings. The third-order valence-electron chi connectivity index (χ3n) is 5.33. The molecule has 0 saturated heterocycles. The van der Waals surface area contributed by atoms with Crippen molar-refractivity contribution in [2.45, 2.75) is 39.4 Å². The van der Waals surface area contributed by atoms with Gasteiger partial charge in [-0.15, -0.1) is 11.3 Å². The van der Waals surface area contributed by atoms with E-state index in [1.807, 2.05) is 49.6 Å². The fourth-order valence-corrected chi connectivity index (χ4v) is 4.41. The molecule has 0 spiro atoms. The molecule has 3 aromatic rings. The van der Waals surface area contributed by atoms with E-state index in [0.717, 1.165) is 14.9 Å². The molecule has 3 amide bonds. The molecule has 0 aliphatic rings. The Morgan fingerprint density at radius 1 is 1.09 bits per heavy atom. The van der Waals surface area contributed by atoms with Gasteiger partial charge < -0.3 is 15.1 Å². The number of urea groups is 1. The summed E-state index contributed by atoms with van der Waals surface area (Å²) >= 11 is 4.98. The predicted molar refractivity (Wildman–Crippen MR) is 135 cm³/mol. The Hall–Kier alpha value is -2.71. The number of hydrogen-bond donors (Lipinski definition) is 1. The molecule has 0 bridgehead atoms. The Morgan fingerprint density at radius 2 is 1.85 bits per heavy atom. The van der Waals surface area contributed by atoms with Crippen molar-refractivity contribution < 1.29 is 14.0 Å². The summed E-state index contributed by atoms with van der Waals surface area (Å²) < 4.78 is 14.2. The van der Waals surface area contributed by atoms with Gasteiger partial charge >= 0.3 is 6.03 Å². The van der Waals surface area contributed by atoms with Crippen molar-refractivity contribution >= 4 is 44.9 Å². The molecule has 174 valence electrons. The van der Waals surface area contributed by atoms with Crippen molar-refractivity contribution in [1.29, 1.82) is 0 Å². The van der Waals surface area contributed by atoms with Crippen molar-refractivity contribution in [2.24, 2.45) is 0 Å². The van der Waals surface area contributed by atoms with Crippen LogP contribution in [0.25, 0.3) is 0 Å². The second kappa shape index (κ2) is 12.0. The van der Waals surface area contributed by atoms with Crippen molar-refractivity contribution in [2.75, 3.05) is 11.9 Å². The summed E-state index contributed by atoms with van der Waals surface area (Å²) in [6, 6.07) is 16.9. The fourth-order valence-electron chi connectivity index (χ4n) is 3.29. The van der Waals surface area contributed by atoms with Crippen LogP contribution in [0.2, 0.25) is 0 Å². The number of thiophene rings is 1. The molecule has 0 aliphatic heterocycles. The molecule has 3 rings (SSSR count). The summed E-state index contributed by atoms with van der Waals surface area (Å²) in [4.78, 5) is 30.8. The summed E-state index contributed by atoms with van der Waals surface area (Å²) in [6.07, 6.45) is 0.710. The lowest BCUT2D eigenvalue weighted by Gasteiger charge is -2.31. The lowest BCUT2D eigenvalue weighted by Crippen LogP contribution is -2.47. The number of hydrogen-bond acceptors (Lipinski definition) is 3. The van der Waals surface area contributed by atoms with E-state index in [-0.39, 0.29) is 30.3 Å². The standard InChI is InChI=1S/C25H27BrFN3O2S/c1-3-18(2)30(25(32)28-22-7-4-6-20(26)14-22)17-24(31)29(16-23-8-5-13-33-23)15-19-9-11-21(27)12-10-19/h4-14,18H,3,15-17H2,1-2H3,(H,28,32). The Kier molecular flexibility index (Phi) is 9.03. The molecule has 1 N–H and O–H groups in total. The molecule has 2 aromatic carbocycles. The van der Waals surface area contributed by atoms with Crippen LogP contribution in [0.5, 0.6) is 0 Å². The number of nitrogens with zero attached hydrogens (tertiary/aromatic N) is 2. The first-order valence-electron chi connectivity index (χ1n) is 10.7. The van der Waals surface area contributed by atoms with Crippen LogP contribution in [0.1, 0.15) is 30.7 Å². The maximum absolute atomic E-state index is 13.4. The van der Waals surface area contributed by atoms with Gasteiger partial charge in [0.15, 0.2) is 0 Å². The summed E-state index contributed by atoms with van der Waals surface area (Å²) in [7, 11) is 0. The molecule has 1 atom stereocenters. The van der Waals surface area contributed by atoms with E-state index in [2.05, 4.69) is 21.2 Å². The van der Waals surface area contributed by atoms with Crippen molar-refractivity contribution in [3.05, 3.63) is 86.8 Å². The third kappa shape index (κ3) is 7.40. The zero-order valence-corrected chi connectivity index (χ0v) is 21.0. The Balaban J connectivity index is 1.77. The second-order valence-corrected chi connectivity index (χ2v) is 9.73. The fraction of sp³-hybridized carbons (Fsp3) is 0.280. The van der Waals surface area contributed by atoms with Crippen LogP contribution in [0, 0.1) is 5.82 Å². The lowest BCUT2D eigenvalue weighted by molar-refractivity contribution is -0.133. The molecule has 0 saturated carbocycles. The number of benzene rings is 2. The van der Waals surface area contributed by atoms with Gasteiger partial charge in [0.05, 0.1) is 6.54 Å². The van der Waals surface area contributed by atoms with Gasteiger partial charge in [0.2, 0.25) is 5.91 Å². The van der Waals surface area contributed by atoms with Crippen LogP contribution >= 0.6 is 27.3 Å². The molecular formula is C25H27BrFN3O2S. The van der Waals surface area contributed by atoms with Crippen LogP contribution in [0.15, 0.2) is 70.5 Å². The van der Waals surface area contributed by atoms with Crippen LogP contribution in [-0.2, 0) is 17.9 Å². The average Bonchev–Trinajstić information content (AvgIpc) is 3.31. The number of nitrogens with one attached hydrogen (secondary N) is 1. The number of rotatable bonds is 9. The minimum Gasteiger partial charge on any atom is -0.332 e. The highest BCUT2D eigenvalue weighted by molar-refractivity contribution is 9.10. The van der Waals surface area contributed by atoms with Crippen LogP contribution in [0.4, 0.5) is 14.9 Å².